The third kappa shape index (κ3) is 4.31. The van der Waals surface area contributed by atoms with E-state index in [9.17, 15) is 16.8 Å². The number of nitrogens with zero attached hydrogens (tertiary/aromatic N) is 2. The van der Waals surface area contributed by atoms with Crippen LogP contribution in [0, 0.1) is 11.8 Å². The second kappa shape index (κ2) is 8.20. The molecule has 0 bridgehead atoms. The van der Waals surface area contributed by atoms with Crippen LogP contribution in [-0.2, 0) is 20.0 Å². The van der Waals surface area contributed by atoms with Crippen molar-refractivity contribution >= 4 is 25.7 Å². The molecule has 1 aromatic carbocycles. The molecule has 9 heteroatoms. The SMILES string of the molecule is CCOc1ccc(N2CCCCS2(=O)=O)cc1S(=O)(=O)N1C[C@H](C)C[C@H](C)C1. The molecule has 0 radical (unpaired) electrons. The van der Waals surface area contributed by atoms with Crippen LogP contribution in [0.1, 0.15) is 40.0 Å². The Balaban J connectivity index is 2.05. The Hall–Kier alpha value is -1.32. The van der Waals surface area contributed by atoms with E-state index in [4.69, 9.17) is 4.74 Å². The predicted molar refractivity (Wildman–Crippen MR) is 110 cm³/mol. The highest BCUT2D eigenvalue weighted by Gasteiger charge is 2.35. The fourth-order valence-corrected chi connectivity index (χ4v) is 7.61. The number of hydrogen-bond acceptors (Lipinski definition) is 5. The molecule has 2 heterocycles. The van der Waals surface area contributed by atoms with E-state index < -0.39 is 20.0 Å². The summed E-state index contributed by atoms with van der Waals surface area (Å²) in [6.45, 7) is 7.53. The van der Waals surface area contributed by atoms with Crippen molar-refractivity contribution in [1.82, 2.24) is 4.31 Å². The van der Waals surface area contributed by atoms with Gasteiger partial charge in [-0.3, -0.25) is 4.31 Å². The Morgan fingerprint density at radius 2 is 1.82 bits per heavy atom. The largest absolute Gasteiger partial charge is 0.492 e. The minimum atomic E-state index is -3.79. The molecule has 2 fully saturated rings. The average molecular weight is 431 g/mol. The van der Waals surface area contributed by atoms with E-state index in [1.165, 1.54) is 14.7 Å². The topological polar surface area (TPSA) is 84.0 Å². The van der Waals surface area contributed by atoms with Gasteiger partial charge in [-0.2, -0.15) is 4.31 Å². The summed E-state index contributed by atoms with van der Waals surface area (Å²) in [5, 5.41) is 0. The predicted octanol–water partition coefficient (Wildman–Crippen LogP) is 2.68. The van der Waals surface area contributed by atoms with E-state index in [2.05, 4.69) is 13.8 Å². The molecule has 28 heavy (non-hydrogen) atoms. The van der Waals surface area contributed by atoms with Crippen molar-refractivity contribution in [3.05, 3.63) is 18.2 Å². The zero-order chi connectivity index (χ0) is 20.5. The molecule has 1 aromatic rings. The maximum absolute atomic E-state index is 13.4. The molecule has 0 aromatic heterocycles. The Morgan fingerprint density at radius 1 is 1.14 bits per heavy atom. The zero-order valence-electron chi connectivity index (χ0n) is 16.8. The van der Waals surface area contributed by atoms with Crippen molar-refractivity contribution in [3.63, 3.8) is 0 Å². The first-order chi connectivity index (χ1) is 13.1. The van der Waals surface area contributed by atoms with Crippen LogP contribution in [0.15, 0.2) is 23.1 Å². The van der Waals surface area contributed by atoms with Gasteiger partial charge in [0.2, 0.25) is 20.0 Å². The quantitative estimate of drug-likeness (QED) is 0.717. The highest BCUT2D eigenvalue weighted by atomic mass is 32.2. The minimum Gasteiger partial charge on any atom is -0.492 e. The Labute approximate surface area is 168 Å². The van der Waals surface area contributed by atoms with Crippen LogP contribution in [0.5, 0.6) is 5.75 Å². The maximum atomic E-state index is 13.4. The summed E-state index contributed by atoms with van der Waals surface area (Å²) in [5.41, 5.74) is 0.389. The van der Waals surface area contributed by atoms with Gasteiger partial charge in [0.05, 0.1) is 18.0 Å². The summed E-state index contributed by atoms with van der Waals surface area (Å²) < 4.78 is 60.3. The highest BCUT2D eigenvalue weighted by molar-refractivity contribution is 7.92. The molecule has 2 aliphatic rings. The second-order valence-corrected chi connectivity index (χ2v) is 11.8. The van der Waals surface area contributed by atoms with E-state index in [1.54, 1.807) is 19.1 Å². The molecule has 2 aliphatic heterocycles. The lowest BCUT2D eigenvalue weighted by molar-refractivity contribution is 0.222. The van der Waals surface area contributed by atoms with Gasteiger partial charge in [-0.1, -0.05) is 13.8 Å². The van der Waals surface area contributed by atoms with Crippen molar-refractivity contribution in [3.8, 4) is 5.75 Å². The van der Waals surface area contributed by atoms with E-state index in [0.717, 1.165) is 12.8 Å². The maximum Gasteiger partial charge on any atom is 0.246 e. The molecular formula is C19H30N2O5S2. The van der Waals surface area contributed by atoms with Gasteiger partial charge in [0.15, 0.2) is 0 Å². The van der Waals surface area contributed by atoms with Gasteiger partial charge in [0.25, 0.3) is 0 Å². The molecular weight excluding hydrogens is 400 g/mol. The second-order valence-electron chi connectivity index (χ2n) is 7.93. The van der Waals surface area contributed by atoms with Crippen molar-refractivity contribution in [2.75, 3.05) is 36.3 Å². The van der Waals surface area contributed by atoms with Gasteiger partial charge >= 0.3 is 0 Å². The lowest BCUT2D eigenvalue weighted by Crippen LogP contribution is -2.42. The third-order valence-electron chi connectivity index (χ3n) is 5.32. The van der Waals surface area contributed by atoms with Gasteiger partial charge in [-0.05, 0) is 56.2 Å². The molecule has 2 saturated heterocycles. The molecule has 0 N–H and O–H groups in total. The zero-order valence-corrected chi connectivity index (χ0v) is 18.4. The van der Waals surface area contributed by atoms with E-state index >= 15 is 0 Å². The van der Waals surface area contributed by atoms with Crippen LogP contribution in [0.25, 0.3) is 0 Å². The van der Waals surface area contributed by atoms with Gasteiger partial charge in [-0.25, -0.2) is 16.8 Å². The lowest BCUT2D eigenvalue weighted by Gasteiger charge is -2.34. The van der Waals surface area contributed by atoms with Crippen LogP contribution in [0.2, 0.25) is 0 Å². The van der Waals surface area contributed by atoms with Crippen molar-refractivity contribution in [2.45, 2.75) is 44.9 Å². The Morgan fingerprint density at radius 3 is 2.43 bits per heavy atom. The normalized spacial score (nSPS) is 26.2. The van der Waals surface area contributed by atoms with Crippen molar-refractivity contribution in [1.29, 1.82) is 0 Å². The van der Waals surface area contributed by atoms with Crippen molar-refractivity contribution < 1.29 is 21.6 Å². The molecule has 0 aliphatic carbocycles. The van der Waals surface area contributed by atoms with Gasteiger partial charge in [0, 0.05) is 19.6 Å². The van der Waals surface area contributed by atoms with E-state index in [-0.39, 0.29) is 28.2 Å². The molecule has 7 nitrogen and oxygen atoms in total. The smallest absolute Gasteiger partial charge is 0.246 e. The lowest BCUT2D eigenvalue weighted by atomic mass is 9.94. The number of ether oxygens (including phenoxy) is 1. The number of rotatable bonds is 5. The monoisotopic (exact) mass is 430 g/mol. The number of hydrogen-bond donors (Lipinski definition) is 0. The van der Waals surface area contributed by atoms with Crippen LogP contribution in [0.3, 0.4) is 0 Å². The molecule has 0 unspecified atom stereocenters. The van der Waals surface area contributed by atoms with Gasteiger partial charge in [-0.15, -0.1) is 0 Å². The summed E-state index contributed by atoms with van der Waals surface area (Å²) in [6.07, 6.45) is 2.39. The summed E-state index contributed by atoms with van der Waals surface area (Å²) in [7, 11) is -7.21. The van der Waals surface area contributed by atoms with E-state index in [1.807, 2.05) is 0 Å². The molecule has 0 amide bonds. The van der Waals surface area contributed by atoms with Crippen molar-refractivity contribution in [2.24, 2.45) is 11.8 Å². The fourth-order valence-electron chi connectivity index (χ4n) is 4.15. The first kappa shape index (κ1) is 21.4. The van der Waals surface area contributed by atoms with Gasteiger partial charge in [0.1, 0.15) is 10.6 Å². The van der Waals surface area contributed by atoms with Crippen LogP contribution < -0.4 is 9.04 Å². The first-order valence-corrected chi connectivity index (χ1v) is 13.0. The summed E-state index contributed by atoms with van der Waals surface area (Å²) in [5.74, 6) is 0.912. The minimum absolute atomic E-state index is 0.0499. The fraction of sp³-hybridized carbons (Fsp3) is 0.684. The first-order valence-electron chi connectivity index (χ1n) is 9.92. The van der Waals surface area contributed by atoms with Crippen LogP contribution in [-0.4, -0.2) is 53.1 Å². The molecule has 0 spiro atoms. The van der Waals surface area contributed by atoms with Gasteiger partial charge < -0.3 is 4.74 Å². The number of piperidine rings is 1. The Bertz CT molecular complexity index is 904. The molecule has 3 rings (SSSR count). The summed E-state index contributed by atoms with van der Waals surface area (Å²) in [6, 6.07) is 4.67. The van der Waals surface area contributed by atoms with Crippen LogP contribution in [0.4, 0.5) is 5.69 Å². The number of sulfonamides is 2. The van der Waals surface area contributed by atoms with Crippen LogP contribution >= 0.6 is 0 Å². The summed E-state index contributed by atoms with van der Waals surface area (Å²) in [4.78, 5) is 0.0499. The third-order valence-corrected chi connectivity index (χ3v) is 9.04. The number of anilines is 1. The average Bonchev–Trinajstić information content (AvgIpc) is 2.61. The number of benzene rings is 1. The summed E-state index contributed by atoms with van der Waals surface area (Å²) >= 11 is 0. The molecule has 2 atom stereocenters. The molecule has 158 valence electrons. The Kier molecular flexibility index (Phi) is 6.26. The van der Waals surface area contributed by atoms with E-state index in [0.29, 0.717) is 38.3 Å². The molecule has 0 saturated carbocycles. The standard InChI is InChI=1S/C19H30N2O5S2/c1-4-26-18-8-7-17(21-9-5-6-10-27(21,22)23)12-19(18)28(24,25)20-13-15(2)11-16(3)14-20/h7-8,12,15-16H,4-6,9-11,13-14H2,1-3H3/t15-,16+. The highest BCUT2D eigenvalue weighted by Crippen LogP contribution is 2.35.